The van der Waals surface area contributed by atoms with Crippen LogP contribution in [-0.2, 0) is 4.79 Å². The van der Waals surface area contributed by atoms with Crippen molar-refractivity contribution in [3.05, 3.63) is 36.0 Å². The second kappa shape index (κ2) is 7.43. The van der Waals surface area contributed by atoms with Gasteiger partial charge in [-0.15, -0.1) is 5.11 Å². The zero-order valence-corrected chi connectivity index (χ0v) is 15.3. The van der Waals surface area contributed by atoms with Crippen molar-refractivity contribution in [1.29, 1.82) is 0 Å². The van der Waals surface area contributed by atoms with Gasteiger partial charge < -0.3 is 9.64 Å². The van der Waals surface area contributed by atoms with Gasteiger partial charge in [0.05, 0.1) is 6.54 Å². The number of nitrogens with zero attached hydrogens (tertiary/aromatic N) is 5. The molecule has 0 saturated carbocycles. The van der Waals surface area contributed by atoms with Gasteiger partial charge in [-0.1, -0.05) is 23.3 Å². The molecule has 0 aliphatic carbocycles. The van der Waals surface area contributed by atoms with Crippen LogP contribution in [0, 0.1) is 0 Å². The molecule has 4 rings (SSSR count). The maximum atomic E-state index is 12.0. The lowest BCUT2D eigenvalue weighted by Gasteiger charge is -2.17. The second-order valence-corrected chi connectivity index (χ2v) is 6.74. The van der Waals surface area contributed by atoms with E-state index in [-0.39, 0.29) is 17.8 Å². The molecule has 1 saturated heterocycles. The lowest BCUT2D eigenvalue weighted by molar-refractivity contribution is -0.129. The van der Waals surface area contributed by atoms with Gasteiger partial charge in [-0.2, -0.15) is 17.6 Å². The predicted molar refractivity (Wildman–Crippen MR) is 103 cm³/mol. The van der Waals surface area contributed by atoms with Gasteiger partial charge in [0.1, 0.15) is 11.8 Å². The van der Waals surface area contributed by atoms with Crippen LogP contribution in [0.5, 0.6) is 5.88 Å². The SMILES string of the molecule is O=C1N=NC(c2cc3ccccc3c(O[C@H]3CCN(C(=O)CCS)C3)n2)=N1. The lowest BCUT2D eigenvalue weighted by atomic mass is 10.1. The van der Waals surface area contributed by atoms with Crippen LogP contribution >= 0.6 is 12.6 Å². The van der Waals surface area contributed by atoms with Gasteiger partial charge in [-0.05, 0) is 23.3 Å². The molecule has 8 nitrogen and oxygen atoms in total. The van der Waals surface area contributed by atoms with Crippen molar-refractivity contribution in [2.45, 2.75) is 18.9 Å². The third-order valence-electron chi connectivity index (χ3n) is 4.47. The monoisotopic (exact) mass is 383 g/mol. The number of aliphatic imine (C=N–C) groups is 1. The molecule has 0 N–H and O–H groups in total. The van der Waals surface area contributed by atoms with Crippen molar-refractivity contribution in [1.82, 2.24) is 9.88 Å². The number of urea groups is 1. The minimum atomic E-state index is -0.642. The summed E-state index contributed by atoms with van der Waals surface area (Å²) in [5.74, 6) is 1.23. The van der Waals surface area contributed by atoms with Gasteiger partial charge in [-0.25, -0.2) is 9.78 Å². The largest absolute Gasteiger partial charge is 0.472 e. The Hall–Kier alpha value is -2.81. The van der Waals surface area contributed by atoms with Crippen molar-refractivity contribution in [3.63, 3.8) is 0 Å². The fourth-order valence-corrected chi connectivity index (χ4v) is 3.36. The van der Waals surface area contributed by atoms with E-state index >= 15 is 0 Å². The van der Waals surface area contributed by atoms with Crippen molar-refractivity contribution >= 4 is 41.2 Å². The molecular weight excluding hydrogens is 366 g/mol. The highest BCUT2D eigenvalue weighted by atomic mass is 32.1. The number of carbonyl (C=O) groups excluding carboxylic acids is 2. The van der Waals surface area contributed by atoms with E-state index in [2.05, 4.69) is 32.8 Å². The number of azo groups is 1. The van der Waals surface area contributed by atoms with E-state index in [0.717, 1.165) is 17.2 Å². The Morgan fingerprint density at radius 1 is 1.30 bits per heavy atom. The summed E-state index contributed by atoms with van der Waals surface area (Å²) < 4.78 is 6.14. The summed E-state index contributed by atoms with van der Waals surface area (Å²) in [4.78, 5) is 33.4. The van der Waals surface area contributed by atoms with Crippen LogP contribution in [0.2, 0.25) is 0 Å². The first-order valence-electron chi connectivity index (χ1n) is 8.64. The van der Waals surface area contributed by atoms with E-state index in [1.807, 2.05) is 24.3 Å². The van der Waals surface area contributed by atoms with E-state index in [1.54, 1.807) is 11.0 Å². The van der Waals surface area contributed by atoms with Gasteiger partial charge in [-0.3, -0.25) is 4.79 Å². The maximum Gasteiger partial charge on any atom is 0.387 e. The maximum absolute atomic E-state index is 12.0. The number of rotatable bonds is 5. The number of thiol groups is 1. The smallest absolute Gasteiger partial charge is 0.387 e. The highest BCUT2D eigenvalue weighted by molar-refractivity contribution is 7.80. The summed E-state index contributed by atoms with van der Waals surface area (Å²) in [6, 6.07) is 8.82. The van der Waals surface area contributed by atoms with E-state index < -0.39 is 6.03 Å². The van der Waals surface area contributed by atoms with E-state index in [0.29, 0.717) is 36.8 Å². The summed E-state index contributed by atoms with van der Waals surface area (Å²) in [5, 5.41) is 8.92. The zero-order valence-electron chi connectivity index (χ0n) is 14.4. The number of hydrogen-bond donors (Lipinski definition) is 1. The quantitative estimate of drug-likeness (QED) is 0.803. The predicted octanol–water partition coefficient (Wildman–Crippen LogP) is 2.87. The van der Waals surface area contributed by atoms with Crippen LogP contribution in [0.4, 0.5) is 4.79 Å². The topological polar surface area (TPSA) is 96.6 Å². The van der Waals surface area contributed by atoms with Crippen LogP contribution < -0.4 is 4.74 Å². The zero-order chi connectivity index (χ0) is 18.8. The van der Waals surface area contributed by atoms with Gasteiger partial charge in [0, 0.05) is 24.8 Å². The minimum Gasteiger partial charge on any atom is -0.472 e. The molecule has 9 heteroatoms. The van der Waals surface area contributed by atoms with Crippen molar-refractivity contribution < 1.29 is 14.3 Å². The fourth-order valence-electron chi connectivity index (χ4n) is 3.17. The van der Waals surface area contributed by atoms with Gasteiger partial charge in [0.25, 0.3) is 0 Å². The number of likely N-dealkylation sites (tertiary alicyclic amines) is 1. The standard InChI is InChI=1S/C18H17N5O3S/c24-15(6-8-27)23-7-5-12(10-23)26-17-13-4-2-1-3-11(13)9-14(19-17)16-20-18(25)22-21-16/h1-4,9,12,27H,5-8,10H2/t12-/m0/s1. The Labute approximate surface area is 160 Å². The molecule has 1 aromatic carbocycles. The third-order valence-corrected chi connectivity index (χ3v) is 4.69. The normalized spacial score (nSPS) is 19.0. The first-order chi connectivity index (χ1) is 13.1. The molecule has 1 atom stereocenters. The minimum absolute atomic E-state index is 0.0851. The van der Waals surface area contributed by atoms with Gasteiger partial charge in [0.2, 0.25) is 17.6 Å². The molecule has 1 fully saturated rings. The average Bonchev–Trinajstić information content (AvgIpc) is 3.31. The highest BCUT2D eigenvalue weighted by Crippen LogP contribution is 2.28. The molecule has 2 aliphatic heterocycles. The number of aromatic nitrogens is 1. The summed E-state index contributed by atoms with van der Waals surface area (Å²) >= 11 is 4.12. The Balaban J connectivity index is 1.61. The molecule has 2 aromatic rings. The number of ether oxygens (including phenoxy) is 1. The van der Waals surface area contributed by atoms with Crippen LogP contribution in [0.15, 0.2) is 45.6 Å². The van der Waals surface area contributed by atoms with Crippen molar-refractivity contribution in [2.75, 3.05) is 18.8 Å². The van der Waals surface area contributed by atoms with E-state index in [1.165, 1.54) is 0 Å². The number of fused-ring (bicyclic) bond motifs is 1. The van der Waals surface area contributed by atoms with Crippen LogP contribution in [0.25, 0.3) is 10.8 Å². The molecule has 0 spiro atoms. The summed E-state index contributed by atoms with van der Waals surface area (Å²) in [7, 11) is 0. The molecule has 138 valence electrons. The molecule has 3 amide bonds. The first kappa shape index (κ1) is 17.6. The molecular formula is C18H17N5O3S. The number of amidine groups is 1. The third kappa shape index (κ3) is 3.68. The second-order valence-electron chi connectivity index (χ2n) is 6.29. The molecule has 3 heterocycles. The molecule has 2 aliphatic rings. The number of pyridine rings is 1. The summed E-state index contributed by atoms with van der Waals surface area (Å²) in [6.45, 7) is 1.18. The summed E-state index contributed by atoms with van der Waals surface area (Å²) in [5.41, 5.74) is 0.430. The van der Waals surface area contributed by atoms with Crippen molar-refractivity contribution in [3.8, 4) is 5.88 Å². The van der Waals surface area contributed by atoms with Crippen LogP contribution in [0.1, 0.15) is 18.5 Å². The van der Waals surface area contributed by atoms with E-state index in [9.17, 15) is 9.59 Å². The molecule has 1 aromatic heterocycles. The van der Waals surface area contributed by atoms with Crippen molar-refractivity contribution in [2.24, 2.45) is 15.2 Å². The first-order valence-corrected chi connectivity index (χ1v) is 9.27. The van der Waals surface area contributed by atoms with Gasteiger partial charge >= 0.3 is 6.03 Å². The van der Waals surface area contributed by atoms with Gasteiger partial charge in [0.15, 0.2) is 0 Å². The van der Waals surface area contributed by atoms with Crippen LogP contribution in [-0.4, -0.2) is 52.6 Å². The highest BCUT2D eigenvalue weighted by Gasteiger charge is 2.28. The molecule has 0 bridgehead atoms. The Kier molecular flexibility index (Phi) is 4.85. The summed E-state index contributed by atoms with van der Waals surface area (Å²) in [6.07, 6.45) is 1.01. The number of carbonyl (C=O) groups is 2. The van der Waals surface area contributed by atoms with E-state index in [4.69, 9.17) is 4.74 Å². The molecule has 0 radical (unpaired) electrons. The fraction of sp³-hybridized carbons (Fsp3) is 0.333. The Bertz CT molecular complexity index is 975. The molecule has 27 heavy (non-hydrogen) atoms. The van der Waals surface area contributed by atoms with Crippen LogP contribution in [0.3, 0.4) is 0 Å². The Morgan fingerprint density at radius 2 is 2.15 bits per heavy atom. The Morgan fingerprint density at radius 3 is 2.93 bits per heavy atom. The molecule has 0 unspecified atom stereocenters. The average molecular weight is 383 g/mol. The number of benzene rings is 1. The number of hydrogen-bond acceptors (Lipinski definition) is 6. The number of amides is 3. The lowest BCUT2D eigenvalue weighted by Crippen LogP contribution is -2.31.